The number of nitrogens with zero attached hydrogens (tertiary/aromatic N) is 3. The number of hydrogen-bond acceptors (Lipinski definition) is 4. The Morgan fingerprint density at radius 1 is 0.971 bits per heavy atom. The predicted molar refractivity (Wildman–Crippen MR) is 138 cm³/mol. The van der Waals surface area contributed by atoms with E-state index in [2.05, 4.69) is 0 Å². The number of carbonyl (C=O) groups is 2. The van der Waals surface area contributed by atoms with Crippen LogP contribution in [-0.2, 0) is 32.4 Å². The van der Waals surface area contributed by atoms with Gasteiger partial charge in [-0.3, -0.25) is 9.59 Å². The van der Waals surface area contributed by atoms with Gasteiger partial charge in [-0.1, -0.05) is 36.4 Å². The summed E-state index contributed by atoms with van der Waals surface area (Å²) >= 11 is 0. The summed E-state index contributed by atoms with van der Waals surface area (Å²) in [5, 5.41) is 0.521. The second kappa shape index (κ2) is 9.85. The first kappa shape index (κ1) is 25.0. The normalized spacial score (nSPS) is 13.9. The maximum atomic E-state index is 13.5. The summed E-state index contributed by atoms with van der Waals surface area (Å²) in [6.07, 6.45) is 3.18. The molecular weight excluding hydrogens is 462 g/mol. The van der Waals surface area contributed by atoms with Gasteiger partial charge in [-0.25, -0.2) is 8.42 Å². The zero-order valence-corrected chi connectivity index (χ0v) is 21.6. The molecule has 2 heterocycles. The van der Waals surface area contributed by atoms with Crippen LogP contribution in [0.25, 0.3) is 10.9 Å². The number of anilines is 1. The molecule has 3 aromatic rings. The van der Waals surface area contributed by atoms with Crippen LogP contribution in [0.2, 0.25) is 0 Å². The van der Waals surface area contributed by atoms with Crippen LogP contribution in [0.1, 0.15) is 39.7 Å². The number of benzene rings is 2. The number of rotatable bonds is 7. The average molecular weight is 496 g/mol. The highest BCUT2D eigenvalue weighted by molar-refractivity contribution is 7.92. The van der Waals surface area contributed by atoms with Gasteiger partial charge in [0.25, 0.3) is 0 Å². The van der Waals surface area contributed by atoms with E-state index in [9.17, 15) is 18.0 Å². The summed E-state index contributed by atoms with van der Waals surface area (Å²) in [5.41, 5.74) is 2.50. The highest BCUT2D eigenvalue weighted by atomic mass is 32.2. The van der Waals surface area contributed by atoms with Gasteiger partial charge >= 0.3 is 0 Å². The number of sulfone groups is 1. The Morgan fingerprint density at radius 2 is 1.63 bits per heavy atom. The lowest BCUT2D eigenvalue weighted by atomic mass is 10.0. The molecule has 35 heavy (non-hydrogen) atoms. The molecule has 0 saturated heterocycles. The van der Waals surface area contributed by atoms with Gasteiger partial charge in [0.2, 0.25) is 11.8 Å². The lowest BCUT2D eigenvalue weighted by Gasteiger charge is -2.31. The fourth-order valence-electron chi connectivity index (χ4n) is 5.10. The van der Waals surface area contributed by atoms with Gasteiger partial charge in [-0.15, -0.1) is 0 Å². The minimum Gasteiger partial charge on any atom is -0.337 e. The average Bonchev–Trinajstić information content (AvgIpc) is 3.17. The molecule has 4 rings (SSSR count). The number of aromatic nitrogens is 1. The molecule has 0 bridgehead atoms. The molecule has 2 amide bonds. The molecule has 0 aliphatic carbocycles. The van der Waals surface area contributed by atoms with E-state index in [1.54, 1.807) is 32.6 Å². The van der Waals surface area contributed by atoms with Gasteiger partial charge in [0.15, 0.2) is 9.84 Å². The number of aryl methyl sites for hydroxylation is 1. The molecule has 8 heteroatoms. The fourth-order valence-corrected chi connectivity index (χ4v) is 6.53. The maximum Gasteiger partial charge on any atom is 0.242 e. The standard InChI is InChI=1S/C27H33N3O4S/c1-19(2)30(20(3)4)26(31)17-28-16-25(22-12-6-8-14-24(22)28)35(33,34)18-27(32)29-15-9-11-21-10-5-7-13-23(21)29/h5-8,10,12-14,16,19-20H,9,11,15,17-18H2,1-4H3. The Bertz CT molecular complexity index is 1350. The van der Waals surface area contributed by atoms with E-state index in [-0.39, 0.29) is 29.4 Å². The molecule has 2 aromatic carbocycles. The minimum absolute atomic E-state index is 0.0255. The highest BCUT2D eigenvalue weighted by Gasteiger charge is 2.30. The third-order valence-electron chi connectivity index (χ3n) is 6.52. The van der Waals surface area contributed by atoms with E-state index >= 15 is 0 Å². The van der Waals surface area contributed by atoms with E-state index < -0.39 is 21.5 Å². The van der Waals surface area contributed by atoms with Gasteiger partial charge in [-0.05, 0) is 58.2 Å². The summed E-state index contributed by atoms with van der Waals surface area (Å²) in [6, 6.07) is 14.8. The van der Waals surface area contributed by atoms with Crippen molar-refractivity contribution in [3.8, 4) is 0 Å². The summed E-state index contributed by atoms with van der Waals surface area (Å²) in [5.74, 6) is -1.13. The molecular formula is C27H33N3O4S. The molecule has 1 aliphatic rings. The van der Waals surface area contributed by atoms with E-state index in [4.69, 9.17) is 0 Å². The van der Waals surface area contributed by atoms with E-state index in [1.165, 1.54) is 6.20 Å². The van der Waals surface area contributed by atoms with Crippen LogP contribution in [0.4, 0.5) is 5.69 Å². The lowest BCUT2D eigenvalue weighted by Crippen LogP contribution is -2.43. The van der Waals surface area contributed by atoms with Gasteiger partial charge in [0.05, 0.1) is 4.90 Å². The Kier molecular flexibility index (Phi) is 7.03. The first-order valence-electron chi connectivity index (χ1n) is 12.1. The van der Waals surface area contributed by atoms with Crippen molar-refractivity contribution in [3.05, 3.63) is 60.3 Å². The van der Waals surface area contributed by atoms with Crippen LogP contribution >= 0.6 is 0 Å². The summed E-state index contributed by atoms with van der Waals surface area (Å²) in [7, 11) is -3.94. The van der Waals surface area contributed by atoms with Gasteiger partial charge in [0.1, 0.15) is 12.3 Å². The van der Waals surface area contributed by atoms with Crippen molar-refractivity contribution < 1.29 is 18.0 Å². The molecule has 0 N–H and O–H groups in total. The van der Waals surface area contributed by atoms with Crippen LogP contribution in [0.3, 0.4) is 0 Å². The third-order valence-corrected chi connectivity index (χ3v) is 8.14. The molecule has 0 unspecified atom stereocenters. The topological polar surface area (TPSA) is 79.7 Å². The molecule has 0 spiro atoms. The zero-order chi connectivity index (χ0) is 25.3. The summed E-state index contributed by atoms with van der Waals surface area (Å²) in [4.78, 5) is 29.7. The number of hydrogen-bond donors (Lipinski definition) is 0. The Balaban J connectivity index is 1.65. The largest absolute Gasteiger partial charge is 0.337 e. The molecule has 186 valence electrons. The van der Waals surface area contributed by atoms with Crippen molar-refractivity contribution in [1.82, 2.24) is 9.47 Å². The monoisotopic (exact) mass is 495 g/mol. The molecule has 0 atom stereocenters. The molecule has 1 aromatic heterocycles. The highest BCUT2D eigenvalue weighted by Crippen LogP contribution is 2.30. The smallest absolute Gasteiger partial charge is 0.242 e. The fraction of sp³-hybridized carbons (Fsp3) is 0.407. The van der Waals surface area contributed by atoms with Crippen molar-refractivity contribution in [1.29, 1.82) is 0 Å². The molecule has 1 aliphatic heterocycles. The van der Waals surface area contributed by atoms with E-state index in [0.717, 1.165) is 24.1 Å². The maximum absolute atomic E-state index is 13.5. The first-order chi connectivity index (χ1) is 16.6. The molecule has 0 saturated carbocycles. The van der Waals surface area contributed by atoms with Crippen LogP contribution in [0.15, 0.2) is 59.6 Å². The number of carbonyl (C=O) groups excluding carboxylic acids is 2. The minimum atomic E-state index is -3.94. The summed E-state index contributed by atoms with van der Waals surface area (Å²) < 4.78 is 28.7. The Labute approximate surface area is 207 Å². The number of amides is 2. The zero-order valence-electron chi connectivity index (χ0n) is 20.8. The summed E-state index contributed by atoms with van der Waals surface area (Å²) in [6.45, 7) is 8.39. The first-order valence-corrected chi connectivity index (χ1v) is 13.8. The Morgan fingerprint density at radius 3 is 2.34 bits per heavy atom. The van der Waals surface area contributed by atoms with Gasteiger partial charge in [-0.2, -0.15) is 0 Å². The van der Waals surface area contributed by atoms with Crippen molar-refractivity contribution in [2.45, 2.75) is 64.1 Å². The van der Waals surface area contributed by atoms with E-state index in [0.29, 0.717) is 17.4 Å². The van der Waals surface area contributed by atoms with Crippen LogP contribution in [-0.4, -0.2) is 54.1 Å². The van der Waals surface area contributed by atoms with Crippen LogP contribution in [0, 0.1) is 0 Å². The predicted octanol–water partition coefficient (Wildman–Crippen LogP) is 4.04. The number of fused-ring (bicyclic) bond motifs is 2. The lowest BCUT2D eigenvalue weighted by molar-refractivity contribution is -0.135. The van der Waals surface area contributed by atoms with Crippen LogP contribution < -0.4 is 4.90 Å². The second-order valence-electron chi connectivity index (χ2n) is 9.66. The Hall–Kier alpha value is -3.13. The molecule has 7 nitrogen and oxygen atoms in total. The third kappa shape index (κ3) is 4.98. The van der Waals surface area contributed by atoms with Gasteiger partial charge < -0.3 is 14.4 Å². The number of para-hydroxylation sites is 2. The SMILES string of the molecule is CC(C)N(C(=O)Cn1cc(S(=O)(=O)CC(=O)N2CCCc3ccccc32)c2ccccc21)C(C)C. The van der Waals surface area contributed by atoms with Crippen molar-refractivity contribution in [2.75, 3.05) is 17.2 Å². The van der Waals surface area contributed by atoms with Crippen molar-refractivity contribution in [2.24, 2.45) is 0 Å². The van der Waals surface area contributed by atoms with Crippen molar-refractivity contribution >= 4 is 38.2 Å². The molecule has 0 radical (unpaired) electrons. The second-order valence-corrected chi connectivity index (χ2v) is 11.6. The van der Waals surface area contributed by atoms with Crippen molar-refractivity contribution in [3.63, 3.8) is 0 Å². The van der Waals surface area contributed by atoms with Gasteiger partial charge in [0, 0.05) is 41.4 Å². The molecule has 0 fully saturated rings. The quantitative estimate of drug-likeness (QED) is 0.496. The van der Waals surface area contributed by atoms with E-state index in [1.807, 2.05) is 58.0 Å². The van der Waals surface area contributed by atoms with Crippen LogP contribution in [0.5, 0.6) is 0 Å².